The second-order valence-corrected chi connectivity index (χ2v) is 7.43. The maximum absolute atomic E-state index is 12.7. The molecule has 0 spiro atoms. The highest BCUT2D eigenvalue weighted by atomic mass is 16.6. The van der Waals surface area contributed by atoms with Gasteiger partial charge in [0.1, 0.15) is 11.3 Å². The largest absolute Gasteiger partial charge is 0.479 e. The molecule has 1 aromatic rings. The Morgan fingerprint density at radius 3 is 2.33 bits per heavy atom. The van der Waals surface area contributed by atoms with Gasteiger partial charge < -0.3 is 14.6 Å². The first-order valence-corrected chi connectivity index (χ1v) is 7.98. The maximum Gasteiger partial charge on any atom is 0.412 e. The van der Waals surface area contributed by atoms with Crippen LogP contribution < -0.4 is 0 Å². The van der Waals surface area contributed by atoms with E-state index in [1.165, 1.54) is 4.90 Å². The number of rotatable bonds is 3. The average Bonchev–Trinajstić information content (AvgIpc) is 2.69. The number of ether oxygens (including phenoxy) is 2. The number of amides is 1. The first kappa shape index (κ1) is 18.3. The quantitative estimate of drug-likeness (QED) is 0.919. The van der Waals surface area contributed by atoms with Crippen molar-refractivity contribution in [1.82, 2.24) is 4.90 Å². The molecule has 1 aromatic carbocycles. The lowest BCUT2D eigenvalue weighted by Gasteiger charge is -2.35. The number of nitrogens with zero attached hydrogens (tertiary/aromatic N) is 1. The predicted molar refractivity (Wildman–Crippen MR) is 88.6 cm³/mol. The molecule has 132 valence electrons. The molecule has 6 heteroatoms. The molecule has 1 saturated heterocycles. The summed E-state index contributed by atoms with van der Waals surface area (Å²) in [5, 5.41) is 9.52. The molecule has 0 aliphatic carbocycles. The van der Waals surface area contributed by atoms with Crippen LogP contribution in [0.1, 0.15) is 40.2 Å². The Morgan fingerprint density at radius 2 is 1.83 bits per heavy atom. The number of benzene rings is 1. The van der Waals surface area contributed by atoms with E-state index in [1.54, 1.807) is 34.6 Å². The molecule has 1 heterocycles. The SMILES string of the molecule is CC(C)(C)OC(=O)N1[C@H](Cc2ccccc2)[C@@H](C(=O)O)OC1(C)C. The van der Waals surface area contributed by atoms with E-state index in [2.05, 4.69) is 0 Å². The van der Waals surface area contributed by atoms with Gasteiger partial charge in [-0.1, -0.05) is 30.3 Å². The lowest BCUT2D eigenvalue weighted by Crippen LogP contribution is -2.51. The molecule has 1 fully saturated rings. The molecule has 24 heavy (non-hydrogen) atoms. The number of hydrogen-bond acceptors (Lipinski definition) is 4. The highest BCUT2D eigenvalue weighted by Crippen LogP contribution is 2.35. The summed E-state index contributed by atoms with van der Waals surface area (Å²) in [6.07, 6.45) is -1.30. The van der Waals surface area contributed by atoms with Gasteiger partial charge in [0.15, 0.2) is 6.10 Å². The van der Waals surface area contributed by atoms with Gasteiger partial charge in [-0.15, -0.1) is 0 Å². The minimum Gasteiger partial charge on any atom is -0.479 e. The lowest BCUT2D eigenvalue weighted by molar-refractivity contribution is -0.155. The Kier molecular flexibility index (Phi) is 4.90. The fraction of sp³-hybridized carbons (Fsp3) is 0.556. The topological polar surface area (TPSA) is 76.1 Å². The summed E-state index contributed by atoms with van der Waals surface area (Å²) in [4.78, 5) is 25.7. The third-order valence-corrected chi connectivity index (χ3v) is 3.80. The Morgan fingerprint density at radius 1 is 1.25 bits per heavy atom. The lowest BCUT2D eigenvalue weighted by atomic mass is 10.0. The first-order chi connectivity index (χ1) is 11.0. The van der Waals surface area contributed by atoms with Crippen molar-refractivity contribution in [2.75, 3.05) is 0 Å². The summed E-state index contributed by atoms with van der Waals surface area (Å²) >= 11 is 0. The minimum absolute atomic E-state index is 0.375. The molecule has 1 aliphatic heterocycles. The first-order valence-electron chi connectivity index (χ1n) is 7.98. The molecule has 1 aliphatic rings. The van der Waals surface area contributed by atoms with Crippen molar-refractivity contribution in [3.05, 3.63) is 35.9 Å². The molecule has 0 saturated carbocycles. The van der Waals surface area contributed by atoms with Crippen molar-refractivity contribution in [3.8, 4) is 0 Å². The molecular formula is C18H25NO5. The standard InChI is InChI=1S/C18H25NO5/c1-17(2,3)24-16(22)19-13(11-12-9-7-6-8-10-12)14(15(20)21)23-18(19,4)5/h6-10,13-14H,11H2,1-5H3,(H,20,21)/t13-,14+/m1/s1. The van der Waals surface area contributed by atoms with Crippen molar-refractivity contribution < 1.29 is 24.2 Å². The highest BCUT2D eigenvalue weighted by Gasteiger charge is 2.53. The fourth-order valence-corrected chi connectivity index (χ4v) is 2.92. The number of aliphatic carboxylic acids is 1. The van der Waals surface area contributed by atoms with Gasteiger partial charge in [0.25, 0.3) is 0 Å². The van der Waals surface area contributed by atoms with E-state index in [0.717, 1.165) is 5.56 Å². The third-order valence-electron chi connectivity index (χ3n) is 3.80. The van der Waals surface area contributed by atoms with Crippen LogP contribution in [0.25, 0.3) is 0 Å². The average molecular weight is 335 g/mol. The number of carboxylic acid groups (broad SMARTS) is 1. The Balaban J connectivity index is 2.34. The minimum atomic E-state index is -1.10. The van der Waals surface area contributed by atoms with Crippen LogP contribution in [-0.2, 0) is 20.7 Å². The summed E-state index contributed by atoms with van der Waals surface area (Å²) < 4.78 is 11.1. The molecule has 0 aromatic heterocycles. The van der Waals surface area contributed by atoms with E-state index in [4.69, 9.17) is 9.47 Å². The van der Waals surface area contributed by atoms with Crippen LogP contribution in [0.15, 0.2) is 30.3 Å². The summed E-state index contributed by atoms with van der Waals surface area (Å²) in [6, 6.07) is 8.80. The molecule has 2 atom stereocenters. The number of carbonyl (C=O) groups excluding carboxylic acids is 1. The second kappa shape index (κ2) is 6.43. The van der Waals surface area contributed by atoms with Gasteiger partial charge in [0, 0.05) is 0 Å². The molecule has 0 unspecified atom stereocenters. The molecule has 1 N–H and O–H groups in total. The molecular weight excluding hydrogens is 310 g/mol. The summed E-state index contributed by atoms with van der Waals surface area (Å²) in [5.74, 6) is -1.09. The smallest absolute Gasteiger partial charge is 0.412 e. The predicted octanol–water partition coefficient (Wildman–Crippen LogP) is 3.05. The van der Waals surface area contributed by atoms with Gasteiger partial charge in [-0.25, -0.2) is 9.59 Å². The van der Waals surface area contributed by atoms with Crippen LogP contribution in [0.5, 0.6) is 0 Å². The van der Waals surface area contributed by atoms with Crippen LogP contribution in [0, 0.1) is 0 Å². The number of hydrogen-bond donors (Lipinski definition) is 1. The van der Waals surface area contributed by atoms with E-state index in [-0.39, 0.29) is 0 Å². The Labute approximate surface area is 142 Å². The van der Waals surface area contributed by atoms with Crippen molar-refractivity contribution in [3.63, 3.8) is 0 Å². The number of carbonyl (C=O) groups is 2. The van der Waals surface area contributed by atoms with Gasteiger partial charge in [-0.3, -0.25) is 4.90 Å². The van der Waals surface area contributed by atoms with Crippen LogP contribution in [0.4, 0.5) is 4.79 Å². The Hall–Kier alpha value is -2.08. The molecule has 1 amide bonds. The zero-order valence-electron chi connectivity index (χ0n) is 14.8. The van der Waals surface area contributed by atoms with Crippen molar-refractivity contribution in [1.29, 1.82) is 0 Å². The fourth-order valence-electron chi connectivity index (χ4n) is 2.92. The normalized spacial score (nSPS) is 23.1. The molecule has 2 rings (SSSR count). The second-order valence-electron chi connectivity index (χ2n) is 7.43. The summed E-state index contributed by atoms with van der Waals surface area (Å²) in [6.45, 7) is 8.68. The van der Waals surface area contributed by atoms with E-state index >= 15 is 0 Å². The van der Waals surface area contributed by atoms with Crippen LogP contribution in [0.2, 0.25) is 0 Å². The maximum atomic E-state index is 12.7. The van der Waals surface area contributed by atoms with Crippen LogP contribution in [-0.4, -0.2) is 45.5 Å². The van der Waals surface area contributed by atoms with Crippen LogP contribution >= 0.6 is 0 Å². The van der Waals surface area contributed by atoms with E-state index in [1.807, 2.05) is 30.3 Å². The van der Waals surface area contributed by atoms with Gasteiger partial charge in [0.2, 0.25) is 0 Å². The highest BCUT2D eigenvalue weighted by molar-refractivity contribution is 5.77. The van der Waals surface area contributed by atoms with E-state index in [0.29, 0.717) is 6.42 Å². The summed E-state index contributed by atoms with van der Waals surface area (Å²) in [5.41, 5.74) is -0.806. The van der Waals surface area contributed by atoms with E-state index < -0.39 is 35.5 Å². The molecule has 0 radical (unpaired) electrons. The monoisotopic (exact) mass is 335 g/mol. The van der Waals surface area contributed by atoms with Gasteiger partial charge in [0.05, 0.1) is 6.04 Å². The number of carboxylic acids is 1. The van der Waals surface area contributed by atoms with Crippen LogP contribution in [0.3, 0.4) is 0 Å². The third kappa shape index (κ3) is 4.06. The summed E-state index contributed by atoms with van der Waals surface area (Å²) in [7, 11) is 0. The molecule has 6 nitrogen and oxygen atoms in total. The van der Waals surface area contributed by atoms with Crippen molar-refractivity contribution in [2.45, 2.75) is 64.5 Å². The van der Waals surface area contributed by atoms with Crippen molar-refractivity contribution >= 4 is 12.1 Å². The zero-order chi connectivity index (χ0) is 18.1. The molecule has 0 bridgehead atoms. The van der Waals surface area contributed by atoms with E-state index in [9.17, 15) is 14.7 Å². The van der Waals surface area contributed by atoms with Gasteiger partial charge >= 0.3 is 12.1 Å². The van der Waals surface area contributed by atoms with Gasteiger partial charge in [-0.2, -0.15) is 0 Å². The van der Waals surface area contributed by atoms with Gasteiger partial charge in [-0.05, 0) is 46.6 Å². The Bertz CT molecular complexity index is 606. The zero-order valence-corrected chi connectivity index (χ0v) is 14.8. The van der Waals surface area contributed by atoms with Crippen molar-refractivity contribution in [2.24, 2.45) is 0 Å².